The maximum Gasteiger partial charge on any atom is 0.408 e. The molecule has 3 N–H and O–H groups in total. The highest BCUT2D eigenvalue weighted by Crippen LogP contribution is 2.49. The highest BCUT2D eigenvalue weighted by Gasteiger charge is 2.56. The largest absolute Gasteiger partial charge is 0.465 e. The summed E-state index contributed by atoms with van der Waals surface area (Å²) in [4.78, 5) is 12.9. The van der Waals surface area contributed by atoms with Crippen molar-refractivity contribution in [3.05, 3.63) is 0 Å². The summed E-state index contributed by atoms with van der Waals surface area (Å²) in [6.07, 6.45) is 2.70. The Bertz CT molecular complexity index is 261. The molecule has 14 heavy (non-hydrogen) atoms. The summed E-state index contributed by atoms with van der Waals surface area (Å²) in [5, 5.41) is 9.22. The second-order valence-corrected chi connectivity index (χ2v) is 5.28. The molecule has 4 heteroatoms. The van der Waals surface area contributed by atoms with E-state index in [0.717, 1.165) is 25.7 Å². The van der Waals surface area contributed by atoms with Gasteiger partial charge in [0.25, 0.3) is 0 Å². The molecule has 0 spiro atoms. The molecule has 2 aliphatic rings. The van der Waals surface area contributed by atoms with Gasteiger partial charge in [0.2, 0.25) is 0 Å². The van der Waals surface area contributed by atoms with Crippen LogP contribution in [0, 0.1) is 0 Å². The number of carbonyl (C=O) groups is 1. The molecule has 2 heterocycles. The van der Waals surface area contributed by atoms with Crippen molar-refractivity contribution in [1.29, 1.82) is 0 Å². The van der Waals surface area contributed by atoms with Crippen LogP contribution in [0.2, 0.25) is 0 Å². The lowest BCUT2D eigenvalue weighted by molar-refractivity contribution is 0.0139. The van der Waals surface area contributed by atoms with Crippen molar-refractivity contribution in [2.24, 2.45) is 5.73 Å². The van der Waals surface area contributed by atoms with E-state index in [1.165, 1.54) is 0 Å². The second kappa shape index (κ2) is 2.63. The number of hydrogen-bond donors (Lipinski definition) is 2. The van der Waals surface area contributed by atoms with Crippen LogP contribution in [0.15, 0.2) is 0 Å². The van der Waals surface area contributed by atoms with Crippen LogP contribution >= 0.6 is 0 Å². The zero-order chi connectivity index (χ0) is 10.6. The monoisotopic (exact) mass is 198 g/mol. The molecule has 2 rings (SSSR count). The lowest BCUT2D eigenvalue weighted by atomic mass is 9.83. The fourth-order valence-corrected chi connectivity index (χ4v) is 3.46. The van der Waals surface area contributed by atoms with Crippen LogP contribution in [0.3, 0.4) is 0 Å². The molecule has 1 amide bonds. The minimum atomic E-state index is -0.792. The Morgan fingerprint density at radius 2 is 1.79 bits per heavy atom. The summed E-state index contributed by atoms with van der Waals surface area (Å²) in [6, 6.07) is 0.156. The molecule has 3 atom stereocenters. The standard InChI is InChI=1S/C10H18N2O2/c1-9-3-4-10(2,6-7(11)5-9)12(9)8(13)14/h7H,3-6,11H2,1-2H3,(H,13,14)/t7-,9+,10-. The van der Waals surface area contributed by atoms with Crippen LogP contribution in [0.25, 0.3) is 0 Å². The predicted octanol–water partition coefficient (Wildman–Crippen LogP) is 1.40. The van der Waals surface area contributed by atoms with E-state index < -0.39 is 6.09 Å². The van der Waals surface area contributed by atoms with Crippen LogP contribution in [0.5, 0.6) is 0 Å². The molecule has 0 aromatic rings. The number of hydrogen-bond acceptors (Lipinski definition) is 2. The number of rotatable bonds is 0. The van der Waals surface area contributed by atoms with E-state index in [9.17, 15) is 9.90 Å². The highest BCUT2D eigenvalue weighted by atomic mass is 16.4. The SMILES string of the molecule is C[C@]12CC[C@](C)(C[C@H](N)C1)N2C(=O)O. The van der Waals surface area contributed by atoms with Gasteiger partial charge in [-0.3, -0.25) is 4.90 Å². The topological polar surface area (TPSA) is 66.6 Å². The van der Waals surface area contributed by atoms with E-state index in [4.69, 9.17) is 5.73 Å². The van der Waals surface area contributed by atoms with Crippen LogP contribution in [0.1, 0.15) is 39.5 Å². The molecule has 80 valence electrons. The van der Waals surface area contributed by atoms with E-state index in [2.05, 4.69) is 0 Å². The summed E-state index contributed by atoms with van der Waals surface area (Å²) in [6.45, 7) is 4.04. The smallest absolute Gasteiger partial charge is 0.408 e. The maximum atomic E-state index is 11.2. The molecule has 0 unspecified atom stereocenters. The summed E-state index contributed by atoms with van der Waals surface area (Å²) < 4.78 is 0. The second-order valence-electron chi connectivity index (χ2n) is 5.28. The zero-order valence-electron chi connectivity index (χ0n) is 8.79. The minimum absolute atomic E-state index is 0.156. The fraction of sp³-hybridized carbons (Fsp3) is 0.900. The van der Waals surface area contributed by atoms with E-state index in [1.54, 1.807) is 4.90 Å². The third-order valence-electron chi connectivity index (χ3n) is 3.88. The van der Waals surface area contributed by atoms with Crippen molar-refractivity contribution >= 4 is 6.09 Å². The first-order chi connectivity index (χ1) is 6.37. The molecule has 4 nitrogen and oxygen atoms in total. The number of nitrogens with two attached hydrogens (primary N) is 1. The van der Waals surface area contributed by atoms with Gasteiger partial charge in [-0.05, 0) is 39.5 Å². The van der Waals surface area contributed by atoms with Crippen molar-refractivity contribution in [3.8, 4) is 0 Å². The highest BCUT2D eigenvalue weighted by molar-refractivity contribution is 5.68. The van der Waals surface area contributed by atoms with Crippen molar-refractivity contribution in [3.63, 3.8) is 0 Å². The molecule has 2 saturated heterocycles. The summed E-state index contributed by atoms with van der Waals surface area (Å²) in [5.41, 5.74) is 5.52. The van der Waals surface area contributed by atoms with Crippen molar-refractivity contribution in [1.82, 2.24) is 4.90 Å². The molecule has 0 saturated carbocycles. The number of piperidine rings is 1. The van der Waals surface area contributed by atoms with Crippen LogP contribution in [-0.4, -0.2) is 33.2 Å². The van der Waals surface area contributed by atoms with E-state index in [0.29, 0.717) is 0 Å². The van der Waals surface area contributed by atoms with Gasteiger partial charge < -0.3 is 10.8 Å². The van der Waals surface area contributed by atoms with Gasteiger partial charge in [-0.25, -0.2) is 4.79 Å². The van der Waals surface area contributed by atoms with Crippen molar-refractivity contribution < 1.29 is 9.90 Å². The Kier molecular flexibility index (Phi) is 1.83. The van der Waals surface area contributed by atoms with Gasteiger partial charge in [-0.1, -0.05) is 0 Å². The summed E-state index contributed by atoms with van der Waals surface area (Å²) >= 11 is 0. The zero-order valence-corrected chi connectivity index (χ0v) is 8.79. The first-order valence-electron chi connectivity index (χ1n) is 5.16. The van der Waals surface area contributed by atoms with Gasteiger partial charge in [0, 0.05) is 17.1 Å². The van der Waals surface area contributed by atoms with Crippen LogP contribution < -0.4 is 5.73 Å². The summed E-state index contributed by atoms with van der Waals surface area (Å²) in [7, 11) is 0. The van der Waals surface area contributed by atoms with Gasteiger partial charge in [-0.2, -0.15) is 0 Å². The number of fused-ring (bicyclic) bond motifs is 2. The first-order valence-corrected chi connectivity index (χ1v) is 5.16. The average Bonchev–Trinajstić information content (AvgIpc) is 2.15. The van der Waals surface area contributed by atoms with Gasteiger partial charge >= 0.3 is 6.09 Å². The lowest BCUT2D eigenvalue weighted by Crippen LogP contribution is -2.61. The fourth-order valence-electron chi connectivity index (χ4n) is 3.46. The number of amides is 1. The van der Waals surface area contributed by atoms with Crippen LogP contribution in [-0.2, 0) is 0 Å². The Balaban J connectivity index is 2.38. The van der Waals surface area contributed by atoms with Gasteiger partial charge in [-0.15, -0.1) is 0 Å². The minimum Gasteiger partial charge on any atom is -0.465 e. The van der Waals surface area contributed by atoms with Crippen molar-refractivity contribution in [2.45, 2.75) is 56.7 Å². The van der Waals surface area contributed by atoms with Gasteiger partial charge in [0.1, 0.15) is 0 Å². The molecular formula is C10H18N2O2. The van der Waals surface area contributed by atoms with E-state index in [-0.39, 0.29) is 17.1 Å². The van der Waals surface area contributed by atoms with E-state index >= 15 is 0 Å². The Hall–Kier alpha value is -0.770. The summed E-state index contributed by atoms with van der Waals surface area (Å²) in [5.74, 6) is 0. The maximum absolute atomic E-state index is 11.2. The predicted molar refractivity (Wildman–Crippen MR) is 53.1 cm³/mol. The third kappa shape index (κ3) is 1.13. The Labute approximate surface area is 84.1 Å². The van der Waals surface area contributed by atoms with Crippen molar-refractivity contribution in [2.75, 3.05) is 0 Å². The lowest BCUT2D eigenvalue weighted by Gasteiger charge is -2.48. The molecule has 2 aliphatic heterocycles. The van der Waals surface area contributed by atoms with Crippen LogP contribution in [0.4, 0.5) is 4.79 Å². The quantitative estimate of drug-likeness (QED) is 0.618. The normalized spacial score (nSPS) is 46.8. The van der Waals surface area contributed by atoms with Gasteiger partial charge in [0.05, 0.1) is 0 Å². The molecule has 0 aromatic heterocycles. The van der Waals surface area contributed by atoms with E-state index in [1.807, 2.05) is 13.8 Å². The molecular weight excluding hydrogens is 180 g/mol. The van der Waals surface area contributed by atoms with Gasteiger partial charge in [0.15, 0.2) is 0 Å². The molecule has 0 aromatic carbocycles. The average molecular weight is 198 g/mol. The Morgan fingerprint density at radius 1 is 1.36 bits per heavy atom. The number of nitrogens with zero attached hydrogens (tertiary/aromatic N) is 1. The number of carboxylic acid groups (broad SMARTS) is 1. The molecule has 0 aliphatic carbocycles. The molecule has 2 bridgehead atoms. The Morgan fingerprint density at radius 3 is 2.14 bits per heavy atom. The third-order valence-corrected chi connectivity index (χ3v) is 3.88. The molecule has 2 fully saturated rings. The first kappa shape index (κ1) is 9.77. The molecule has 0 radical (unpaired) electrons.